The van der Waals surface area contributed by atoms with Gasteiger partial charge in [0.05, 0.1) is 17.3 Å². The number of aromatic amines is 1. The van der Waals surface area contributed by atoms with E-state index in [2.05, 4.69) is 15.2 Å². The van der Waals surface area contributed by atoms with Crippen LogP contribution in [0.5, 0.6) is 0 Å². The van der Waals surface area contributed by atoms with Gasteiger partial charge in [-0.25, -0.2) is 4.98 Å². The Bertz CT molecular complexity index is 541. The lowest BCUT2D eigenvalue weighted by atomic mass is 10.0. The fourth-order valence-electron chi connectivity index (χ4n) is 1.85. The van der Waals surface area contributed by atoms with E-state index in [1.165, 1.54) is 0 Å². The summed E-state index contributed by atoms with van der Waals surface area (Å²) in [6, 6.07) is 3.76. The molecular weight excluding hydrogens is 192 g/mol. The zero-order valence-corrected chi connectivity index (χ0v) is 8.03. The molecule has 1 aliphatic rings. The highest BCUT2D eigenvalue weighted by molar-refractivity contribution is 5.90. The van der Waals surface area contributed by atoms with Crippen LogP contribution in [-0.2, 0) is 10.2 Å². The van der Waals surface area contributed by atoms with Crippen LogP contribution in [0.3, 0.4) is 0 Å². The summed E-state index contributed by atoms with van der Waals surface area (Å²) in [5.41, 5.74) is 6.33. The molecule has 1 aliphatic carbocycles. The third-order valence-electron chi connectivity index (χ3n) is 3.01. The Morgan fingerprint density at radius 2 is 2.27 bits per heavy atom. The van der Waals surface area contributed by atoms with Gasteiger partial charge in [0, 0.05) is 5.39 Å². The van der Waals surface area contributed by atoms with Crippen LogP contribution in [-0.4, -0.2) is 21.1 Å². The van der Waals surface area contributed by atoms with Crippen molar-refractivity contribution in [2.75, 3.05) is 0 Å². The summed E-state index contributed by atoms with van der Waals surface area (Å²) >= 11 is 0. The molecule has 5 nitrogen and oxygen atoms in total. The molecule has 3 N–H and O–H groups in total. The Kier molecular flexibility index (Phi) is 1.44. The number of amides is 1. The Labute approximate surface area is 85.7 Å². The molecule has 1 saturated carbocycles. The van der Waals surface area contributed by atoms with Crippen molar-refractivity contribution < 1.29 is 4.79 Å². The molecule has 76 valence electrons. The quantitative estimate of drug-likeness (QED) is 0.742. The zero-order valence-electron chi connectivity index (χ0n) is 8.03. The molecule has 5 heteroatoms. The van der Waals surface area contributed by atoms with E-state index >= 15 is 0 Å². The number of nitrogens with two attached hydrogens (primary N) is 1. The van der Waals surface area contributed by atoms with E-state index in [4.69, 9.17) is 5.73 Å². The molecule has 0 atom stereocenters. The molecule has 0 saturated heterocycles. The highest BCUT2D eigenvalue weighted by Gasteiger charge is 2.51. The lowest BCUT2D eigenvalue weighted by Crippen LogP contribution is -2.29. The fraction of sp³-hybridized carbons (Fsp3) is 0.300. The smallest absolute Gasteiger partial charge is 0.229 e. The largest absolute Gasteiger partial charge is 0.369 e. The Hall–Kier alpha value is -1.91. The van der Waals surface area contributed by atoms with Gasteiger partial charge in [0.25, 0.3) is 0 Å². The van der Waals surface area contributed by atoms with Crippen LogP contribution in [0.25, 0.3) is 11.0 Å². The first-order valence-electron chi connectivity index (χ1n) is 4.83. The predicted molar refractivity (Wildman–Crippen MR) is 54.0 cm³/mol. The minimum Gasteiger partial charge on any atom is -0.369 e. The number of carbonyl (C=O) groups is 1. The minimum atomic E-state index is -0.515. The van der Waals surface area contributed by atoms with Gasteiger partial charge in [0.1, 0.15) is 0 Å². The highest BCUT2D eigenvalue weighted by Crippen LogP contribution is 2.47. The highest BCUT2D eigenvalue weighted by atomic mass is 16.1. The predicted octanol–water partition coefficient (Wildman–Crippen LogP) is 0.475. The summed E-state index contributed by atoms with van der Waals surface area (Å²) in [6.45, 7) is 0. The molecule has 0 aliphatic heterocycles. The SMILES string of the molecule is NC(=O)C1(c2ccc3cn[nH]c3n2)CC1. The number of nitrogens with one attached hydrogen (secondary N) is 1. The standard InChI is InChI=1S/C10H10N4O/c11-9(15)10(3-4-10)7-2-1-6-5-12-14-8(6)13-7/h1-2,5H,3-4H2,(H2,11,15)(H,12,13,14). The molecule has 0 radical (unpaired) electrons. The van der Waals surface area contributed by atoms with Crippen LogP contribution in [0, 0.1) is 0 Å². The van der Waals surface area contributed by atoms with E-state index in [0.717, 1.165) is 23.9 Å². The third-order valence-corrected chi connectivity index (χ3v) is 3.01. The van der Waals surface area contributed by atoms with E-state index in [1.54, 1.807) is 6.20 Å². The van der Waals surface area contributed by atoms with E-state index < -0.39 is 5.41 Å². The lowest BCUT2D eigenvalue weighted by Gasteiger charge is -2.09. The second kappa shape index (κ2) is 2.56. The molecule has 3 rings (SSSR count). The molecule has 15 heavy (non-hydrogen) atoms. The molecule has 0 aromatic carbocycles. The first kappa shape index (κ1) is 8.40. The number of primary amides is 1. The molecule has 1 fully saturated rings. The maximum atomic E-state index is 11.3. The van der Waals surface area contributed by atoms with Crippen LogP contribution in [0.1, 0.15) is 18.5 Å². The number of carbonyl (C=O) groups excluding carboxylic acids is 1. The van der Waals surface area contributed by atoms with Gasteiger partial charge in [-0.05, 0) is 25.0 Å². The van der Waals surface area contributed by atoms with Gasteiger partial charge >= 0.3 is 0 Å². The number of hydrogen-bond acceptors (Lipinski definition) is 3. The monoisotopic (exact) mass is 202 g/mol. The second-order valence-electron chi connectivity index (χ2n) is 3.95. The molecule has 0 unspecified atom stereocenters. The summed E-state index contributed by atoms with van der Waals surface area (Å²) in [7, 11) is 0. The first-order chi connectivity index (χ1) is 7.22. The first-order valence-corrected chi connectivity index (χ1v) is 4.83. The molecule has 2 aromatic rings. The maximum absolute atomic E-state index is 11.3. The summed E-state index contributed by atoms with van der Waals surface area (Å²) in [5, 5.41) is 7.62. The summed E-state index contributed by atoms with van der Waals surface area (Å²) in [5.74, 6) is -0.283. The molecule has 2 heterocycles. The molecule has 2 aromatic heterocycles. The van der Waals surface area contributed by atoms with Crippen molar-refractivity contribution in [3.8, 4) is 0 Å². The third kappa shape index (κ3) is 1.06. The average molecular weight is 202 g/mol. The summed E-state index contributed by atoms with van der Waals surface area (Å²) in [6.07, 6.45) is 3.31. The number of aromatic nitrogens is 3. The van der Waals surface area contributed by atoms with E-state index in [0.29, 0.717) is 5.65 Å². The fourth-order valence-corrected chi connectivity index (χ4v) is 1.85. The van der Waals surface area contributed by atoms with Crippen LogP contribution in [0.4, 0.5) is 0 Å². The number of nitrogens with zero attached hydrogens (tertiary/aromatic N) is 2. The molecular formula is C10H10N4O. The van der Waals surface area contributed by atoms with Gasteiger partial charge in [-0.15, -0.1) is 0 Å². The van der Waals surface area contributed by atoms with Gasteiger partial charge < -0.3 is 5.73 Å². The van der Waals surface area contributed by atoms with Gasteiger partial charge in [-0.2, -0.15) is 5.10 Å². The van der Waals surface area contributed by atoms with Crippen LogP contribution in [0.2, 0.25) is 0 Å². The Morgan fingerprint density at radius 3 is 2.93 bits per heavy atom. The van der Waals surface area contributed by atoms with Crippen molar-refractivity contribution in [2.24, 2.45) is 5.73 Å². The van der Waals surface area contributed by atoms with Gasteiger partial charge in [0.2, 0.25) is 5.91 Å². The summed E-state index contributed by atoms with van der Waals surface area (Å²) in [4.78, 5) is 15.7. The number of H-pyrrole nitrogens is 1. The molecule has 1 amide bonds. The van der Waals surface area contributed by atoms with Gasteiger partial charge in [-0.3, -0.25) is 9.89 Å². The average Bonchev–Trinajstić information content (AvgIpc) is 2.91. The zero-order chi connectivity index (χ0) is 10.5. The summed E-state index contributed by atoms with van der Waals surface area (Å²) < 4.78 is 0. The van der Waals surface area contributed by atoms with Crippen LogP contribution < -0.4 is 5.73 Å². The maximum Gasteiger partial charge on any atom is 0.229 e. The molecule has 0 spiro atoms. The number of rotatable bonds is 2. The number of pyridine rings is 1. The van der Waals surface area contributed by atoms with E-state index in [1.807, 2.05) is 12.1 Å². The van der Waals surface area contributed by atoms with E-state index in [9.17, 15) is 4.79 Å². The van der Waals surface area contributed by atoms with E-state index in [-0.39, 0.29) is 5.91 Å². The van der Waals surface area contributed by atoms with Crippen molar-refractivity contribution in [1.82, 2.24) is 15.2 Å². The van der Waals surface area contributed by atoms with Gasteiger partial charge in [-0.1, -0.05) is 0 Å². The van der Waals surface area contributed by atoms with Crippen molar-refractivity contribution in [1.29, 1.82) is 0 Å². The van der Waals surface area contributed by atoms with Crippen molar-refractivity contribution in [3.05, 3.63) is 24.0 Å². The normalized spacial score (nSPS) is 17.9. The van der Waals surface area contributed by atoms with Crippen molar-refractivity contribution >= 4 is 16.9 Å². The minimum absolute atomic E-state index is 0.283. The molecule has 0 bridgehead atoms. The van der Waals surface area contributed by atoms with Crippen LogP contribution >= 0.6 is 0 Å². The number of fused-ring (bicyclic) bond motifs is 1. The van der Waals surface area contributed by atoms with Crippen LogP contribution in [0.15, 0.2) is 18.3 Å². The van der Waals surface area contributed by atoms with Gasteiger partial charge in [0.15, 0.2) is 5.65 Å². The second-order valence-corrected chi connectivity index (χ2v) is 3.95. The number of hydrogen-bond donors (Lipinski definition) is 2. The Balaban J connectivity index is 2.15. The van der Waals surface area contributed by atoms with Crippen molar-refractivity contribution in [2.45, 2.75) is 18.3 Å². The Morgan fingerprint density at radius 1 is 1.47 bits per heavy atom. The van der Waals surface area contributed by atoms with Crippen molar-refractivity contribution in [3.63, 3.8) is 0 Å². The lowest BCUT2D eigenvalue weighted by molar-refractivity contribution is -0.120. The topological polar surface area (TPSA) is 84.7 Å².